The number of hydrogen-bond acceptors (Lipinski definition) is 3. The lowest BCUT2D eigenvalue weighted by molar-refractivity contribution is -0.564. The first-order valence-corrected chi connectivity index (χ1v) is 2.46. The predicted octanol–water partition coefficient (Wildman–Crippen LogP) is -3.93. The van der Waals surface area contributed by atoms with E-state index in [1.165, 1.54) is 0 Å². The molecule has 0 aliphatic carbocycles. The van der Waals surface area contributed by atoms with Gasteiger partial charge in [-0.2, -0.15) is 0 Å². The van der Waals surface area contributed by atoms with Crippen molar-refractivity contribution < 1.29 is 29.2 Å². The number of nitrogens with one attached hydrogen (secondary N) is 1. The molecule has 5 nitrogen and oxygen atoms in total. The molecule has 0 saturated heterocycles. The van der Waals surface area contributed by atoms with Crippen molar-refractivity contribution in [3.63, 3.8) is 0 Å². The molecule has 0 aliphatic rings. The maximum absolute atomic E-state index is 3.62. The van der Waals surface area contributed by atoms with Crippen LogP contribution in [-0.4, -0.2) is 20.4 Å². The molecule has 0 fully saturated rings. The van der Waals surface area contributed by atoms with Gasteiger partial charge in [0.15, 0.2) is 0 Å². The van der Waals surface area contributed by atoms with Crippen LogP contribution in [0.5, 0.6) is 0 Å². The summed E-state index contributed by atoms with van der Waals surface area (Å²) in [7, 11) is 0. The van der Waals surface area contributed by atoms with Crippen LogP contribution in [0.1, 0.15) is 19.9 Å². The summed E-state index contributed by atoms with van der Waals surface area (Å²) in [5.41, 5.74) is 0. The molecule has 1 heterocycles. The smallest absolute Gasteiger partial charge is 0.231 e. The summed E-state index contributed by atoms with van der Waals surface area (Å²) in [5, 5.41) is 13.0. The zero-order valence-electron chi connectivity index (χ0n) is 5.24. The van der Waals surface area contributed by atoms with E-state index in [1.54, 1.807) is 4.80 Å². The van der Waals surface area contributed by atoms with E-state index in [1.807, 2.05) is 13.8 Å². The van der Waals surface area contributed by atoms with Crippen molar-refractivity contribution in [3.05, 3.63) is 0 Å². The molecule has 1 N–H and O–H groups in total. The molecule has 0 atom stereocenters. The highest BCUT2D eigenvalue weighted by molar-refractivity contribution is 4.33. The Bertz CT molecular complexity index is 147. The standard InChI is InChI=1S/C3H7N5.HI/c1-3(2)8-6-4-5-7-8;/h3H,1-2H3;1H. The summed E-state index contributed by atoms with van der Waals surface area (Å²) in [6.07, 6.45) is 0. The normalized spacial score (nSPS) is 9.22. The van der Waals surface area contributed by atoms with Crippen molar-refractivity contribution in [2.75, 3.05) is 0 Å². The summed E-state index contributed by atoms with van der Waals surface area (Å²) < 4.78 is 0. The number of nitrogens with zero attached hydrogens (tertiary/aromatic N) is 4. The minimum Gasteiger partial charge on any atom is -1.00 e. The predicted molar refractivity (Wildman–Crippen MR) is 24.8 cm³/mol. The Morgan fingerprint density at radius 2 is 2.11 bits per heavy atom. The molecule has 9 heavy (non-hydrogen) atoms. The molecule has 0 radical (unpaired) electrons. The monoisotopic (exact) mass is 241 g/mol. The van der Waals surface area contributed by atoms with Crippen molar-refractivity contribution in [2.45, 2.75) is 19.9 Å². The second kappa shape index (κ2) is 3.70. The van der Waals surface area contributed by atoms with Gasteiger partial charge in [0.1, 0.15) is 5.21 Å². The molecule has 0 aliphatic heterocycles. The largest absolute Gasteiger partial charge is 1.00 e. The lowest BCUT2D eigenvalue weighted by atomic mass is 10.4. The SMILES string of the molecule is CC(C)n1nnn[nH+]1.[I-]. The molecule has 0 unspecified atom stereocenters. The van der Waals surface area contributed by atoms with Gasteiger partial charge in [-0.05, 0) is 18.6 Å². The summed E-state index contributed by atoms with van der Waals surface area (Å²) in [6.45, 7) is 3.99. The average molecular weight is 241 g/mol. The first-order valence-electron chi connectivity index (χ1n) is 2.46. The Kier molecular flexibility index (Phi) is 3.59. The summed E-state index contributed by atoms with van der Waals surface area (Å²) >= 11 is 0. The maximum Gasteiger partial charge on any atom is 0.231 e. The molecule has 6 heteroatoms. The van der Waals surface area contributed by atoms with Gasteiger partial charge in [0, 0.05) is 0 Å². The molecule has 0 spiro atoms. The van der Waals surface area contributed by atoms with E-state index in [4.69, 9.17) is 0 Å². The number of H-pyrrole nitrogens is 1. The molecule has 0 aromatic carbocycles. The molecule has 0 bridgehead atoms. The van der Waals surface area contributed by atoms with Gasteiger partial charge in [0.2, 0.25) is 10.4 Å². The lowest BCUT2D eigenvalue weighted by Crippen LogP contribution is -3.00. The molecule has 0 amide bonds. The van der Waals surface area contributed by atoms with Crippen molar-refractivity contribution in [1.29, 1.82) is 0 Å². The Morgan fingerprint density at radius 3 is 2.33 bits per heavy atom. The summed E-state index contributed by atoms with van der Waals surface area (Å²) in [6, 6.07) is 0.310. The van der Waals surface area contributed by atoms with Gasteiger partial charge in [-0.3, -0.25) is 0 Å². The van der Waals surface area contributed by atoms with Crippen LogP contribution in [0, 0.1) is 0 Å². The summed E-state index contributed by atoms with van der Waals surface area (Å²) in [5.74, 6) is 0. The average Bonchev–Trinajstić information content (AvgIpc) is 2.12. The van der Waals surface area contributed by atoms with Crippen LogP contribution in [0.4, 0.5) is 0 Å². The minimum absolute atomic E-state index is 0. The van der Waals surface area contributed by atoms with E-state index in [9.17, 15) is 0 Å². The molecule has 1 rings (SSSR count). The van der Waals surface area contributed by atoms with Gasteiger partial charge >= 0.3 is 0 Å². The van der Waals surface area contributed by atoms with E-state index in [0.29, 0.717) is 6.04 Å². The Labute approximate surface area is 69.8 Å². The highest BCUT2D eigenvalue weighted by atomic mass is 127. The number of aromatic nitrogens is 5. The van der Waals surface area contributed by atoms with Gasteiger partial charge in [-0.1, -0.05) is 5.21 Å². The van der Waals surface area contributed by atoms with Crippen molar-refractivity contribution in [1.82, 2.24) is 20.4 Å². The van der Waals surface area contributed by atoms with Crippen molar-refractivity contribution in [3.8, 4) is 0 Å². The van der Waals surface area contributed by atoms with Crippen LogP contribution in [0.2, 0.25) is 0 Å². The quantitative estimate of drug-likeness (QED) is 0.472. The lowest BCUT2D eigenvalue weighted by Gasteiger charge is -1.90. The maximum atomic E-state index is 3.62. The van der Waals surface area contributed by atoms with Crippen molar-refractivity contribution in [2.24, 2.45) is 0 Å². The third kappa shape index (κ3) is 2.20. The van der Waals surface area contributed by atoms with Gasteiger partial charge in [0.05, 0.1) is 6.04 Å². The van der Waals surface area contributed by atoms with Crippen LogP contribution in [0.15, 0.2) is 0 Å². The topological polar surface area (TPSA) is 57.7 Å². The molecule has 52 valence electrons. The Balaban J connectivity index is 0.000000640. The van der Waals surface area contributed by atoms with Crippen LogP contribution < -0.4 is 29.2 Å². The zero-order valence-corrected chi connectivity index (χ0v) is 7.40. The Hall–Kier alpha value is -0.270. The van der Waals surface area contributed by atoms with E-state index >= 15 is 0 Å². The Morgan fingerprint density at radius 1 is 1.44 bits per heavy atom. The first-order chi connectivity index (χ1) is 3.80. The number of rotatable bonds is 1. The van der Waals surface area contributed by atoms with Gasteiger partial charge in [-0.15, -0.1) is 0 Å². The van der Waals surface area contributed by atoms with E-state index in [2.05, 4.69) is 20.9 Å². The number of aromatic amines is 1. The van der Waals surface area contributed by atoms with Gasteiger partial charge in [-0.25, -0.2) is 0 Å². The van der Waals surface area contributed by atoms with Gasteiger partial charge in [0.25, 0.3) is 0 Å². The molecular formula is C3H8IN5. The third-order valence-electron chi connectivity index (χ3n) is 0.817. The molecule has 1 aromatic rings. The van der Waals surface area contributed by atoms with Crippen LogP contribution >= 0.6 is 0 Å². The third-order valence-corrected chi connectivity index (χ3v) is 0.817. The highest BCUT2D eigenvalue weighted by Crippen LogP contribution is 1.90. The van der Waals surface area contributed by atoms with E-state index in [-0.39, 0.29) is 24.0 Å². The number of hydrogen-bond donors (Lipinski definition) is 0. The summed E-state index contributed by atoms with van der Waals surface area (Å²) in [4.78, 5) is 1.57. The second-order valence-corrected chi connectivity index (χ2v) is 1.82. The molecular weight excluding hydrogens is 233 g/mol. The van der Waals surface area contributed by atoms with Crippen LogP contribution in [0.25, 0.3) is 0 Å². The zero-order chi connectivity index (χ0) is 5.98. The van der Waals surface area contributed by atoms with E-state index in [0.717, 1.165) is 0 Å². The fraction of sp³-hybridized carbons (Fsp3) is 1.00. The minimum atomic E-state index is 0. The van der Waals surface area contributed by atoms with Crippen molar-refractivity contribution >= 4 is 0 Å². The number of halogens is 1. The van der Waals surface area contributed by atoms with Crippen LogP contribution in [0.3, 0.4) is 0 Å². The first kappa shape index (κ1) is 8.73. The fourth-order valence-electron chi connectivity index (χ4n) is 0.368. The molecule has 0 saturated carbocycles. The van der Waals surface area contributed by atoms with Crippen LogP contribution in [-0.2, 0) is 0 Å². The van der Waals surface area contributed by atoms with E-state index < -0.39 is 0 Å². The fourth-order valence-corrected chi connectivity index (χ4v) is 0.368. The second-order valence-electron chi connectivity index (χ2n) is 1.82. The molecule has 1 aromatic heterocycles. The van der Waals surface area contributed by atoms with Gasteiger partial charge < -0.3 is 24.0 Å². The highest BCUT2D eigenvalue weighted by Gasteiger charge is 2.03.